The number of carbonyl (C=O) groups is 1. The number of amides is 1. The number of carbonyl (C=O) groups excluding carboxylic acids is 1. The highest BCUT2D eigenvalue weighted by Gasteiger charge is 2.32. The molecule has 4 nitrogen and oxygen atoms in total. The van der Waals surface area contributed by atoms with Crippen molar-refractivity contribution in [1.29, 1.82) is 0 Å². The van der Waals surface area contributed by atoms with E-state index in [4.69, 9.17) is 0 Å². The van der Waals surface area contributed by atoms with E-state index in [1.807, 2.05) is 36.2 Å². The Labute approximate surface area is 114 Å². The molecule has 2 aliphatic rings. The average Bonchev–Trinajstić information content (AvgIpc) is 2.94. The van der Waals surface area contributed by atoms with Crippen molar-refractivity contribution in [2.24, 2.45) is 0 Å². The van der Waals surface area contributed by atoms with Crippen LogP contribution < -0.4 is 5.32 Å². The van der Waals surface area contributed by atoms with Gasteiger partial charge in [-0.15, -0.1) is 0 Å². The van der Waals surface area contributed by atoms with Crippen molar-refractivity contribution < 1.29 is 4.79 Å². The number of anilines is 1. The molecule has 1 amide bonds. The highest BCUT2D eigenvalue weighted by molar-refractivity contribution is 5.94. The van der Waals surface area contributed by atoms with Gasteiger partial charge in [-0.2, -0.15) is 0 Å². The molecule has 2 heterocycles. The summed E-state index contributed by atoms with van der Waals surface area (Å²) >= 11 is 0. The fourth-order valence-corrected chi connectivity index (χ4v) is 3.14. The highest BCUT2D eigenvalue weighted by Crippen LogP contribution is 2.22. The van der Waals surface area contributed by atoms with Crippen LogP contribution in [0.4, 0.5) is 5.69 Å². The van der Waals surface area contributed by atoms with Crippen LogP contribution in [0.3, 0.4) is 0 Å². The molecule has 1 N–H and O–H groups in total. The predicted molar refractivity (Wildman–Crippen MR) is 76.5 cm³/mol. The molecule has 0 aromatic heterocycles. The number of fused-ring (bicyclic) bond motifs is 1. The minimum atomic E-state index is 0.175. The molecule has 0 bridgehead atoms. The molecule has 2 fully saturated rings. The number of benzene rings is 1. The summed E-state index contributed by atoms with van der Waals surface area (Å²) in [6.45, 7) is 4.00. The van der Waals surface area contributed by atoms with Gasteiger partial charge in [0, 0.05) is 44.0 Å². The number of nitrogens with zero attached hydrogens (tertiary/aromatic N) is 2. The molecule has 1 unspecified atom stereocenters. The largest absolute Gasteiger partial charge is 0.388 e. The van der Waals surface area contributed by atoms with Gasteiger partial charge in [-0.1, -0.05) is 0 Å². The number of piperazine rings is 1. The maximum Gasteiger partial charge on any atom is 0.253 e. The number of nitrogens with one attached hydrogen (secondary N) is 1. The number of rotatable bonds is 2. The maximum absolute atomic E-state index is 12.5. The lowest BCUT2D eigenvalue weighted by molar-refractivity contribution is 0.0571. The van der Waals surface area contributed by atoms with E-state index in [0.717, 1.165) is 30.9 Å². The molecule has 19 heavy (non-hydrogen) atoms. The summed E-state index contributed by atoms with van der Waals surface area (Å²) in [6.07, 6.45) is 2.52. The minimum Gasteiger partial charge on any atom is -0.388 e. The molecule has 0 spiro atoms. The molecule has 2 saturated heterocycles. The van der Waals surface area contributed by atoms with Crippen molar-refractivity contribution in [2.45, 2.75) is 18.9 Å². The van der Waals surface area contributed by atoms with Gasteiger partial charge in [0.25, 0.3) is 5.91 Å². The van der Waals surface area contributed by atoms with Crippen molar-refractivity contribution in [3.05, 3.63) is 29.8 Å². The van der Waals surface area contributed by atoms with Crippen molar-refractivity contribution in [1.82, 2.24) is 9.80 Å². The second-order valence-electron chi connectivity index (χ2n) is 5.41. The van der Waals surface area contributed by atoms with Crippen LogP contribution in [0.2, 0.25) is 0 Å². The molecule has 2 aliphatic heterocycles. The van der Waals surface area contributed by atoms with E-state index >= 15 is 0 Å². The van der Waals surface area contributed by atoms with Crippen molar-refractivity contribution in [3.8, 4) is 0 Å². The quantitative estimate of drug-likeness (QED) is 0.877. The van der Waals surface area contributed by atoms with Crippen molar-refractivity contribution >= 4 is 11.6 Å². The summed E-state index contributed by atoms with van der Waals surface area (Å²) in [5, 5.41) is 3.07. The molecule has 4 heteroatoms. The molecule has 0 radical (unpaired) electrons. The Morgan fingerprint density at radius 1 is 1.21 bits per heavy atom. The van der Waals surface area contributed by atoms with Gasteiger partial charge < -0.3 is 10.2 Å². The van der Waals surface area contributed by atoms with Gasteiger partial charge >= 0.3 is 0 Å². The first-order valence-corrected chi connectivity index (χ1v) is 7.09. The monoisotopic (exact) mass is 259 g/mol. The molecule has 1 aromatic rings. The van der Waals surface area contributed by atoms with Crippen LogP contribution in [0.5, 0.6) is 0 Å². The summed E-state index contributed by atoms with van der Waals surface area (Å²) in [6, 6.07) is 8.33. The van der Waals surface area contributed by atoms with Gasteiger partial charge in [0.2, 0.25) is 0 Å². The van der Waals surface area contributed by atoms with E-state index in [-0.39, 0.29) is 5.91 Å². The first-order chi connectivity index (χ1) is 9.28. The van der Waals surface area contributed by atoms with E-state index in [2.05, 4.69) is 10.2 Å². The zero-order valence-electron chi connectivity index (χ0n) is 11.4. The summed E-state index contributed by atoms with van der Waals surface area (Å²) in [4.78, 5) is 17.0. The third-order valence-electron chi connectivity index (χ3n) is 4.30. The lowest BCUT2D eigenvalue weighted by Crippen LogP contribution is -2.52. The standard InChI is InChI=1S/C15H21N3O/c1-16-13-6-4-12(5-7-13)15(19)18-10-9-17-8-2-3-14(17)11-18/h4-7,14,16H,2-3,8-11H2,1H3. The zero-order chi connectivity index (χ0) is 13.2. The Morgan fingerprint density at radius 3 is 2.74 bits per heavy atom. The summed E-state index contributed by atoms with van der Waals surface area (Å²) in [5.41, 5.74) is 1.84. The first kappa shape index (κ1) is 12.5. The average molecular weight is 259 g/mol. The normalized spacial score (nSPS) is 23.2. The van der Waals surface area contributed by atoms with Gasteiger partial charge in [0.05, 0.1) is 0 Å². The van der Waals surface area contributed by atoms with E-state index in [0.29, 0.717) is 6.04 Å². The second-order valence-corrected chi connectivity index (χ2v) is 5.41. The Morgan fingerprint density at radius 2 is 2.00 bits per heavy atom. The highest BCUT2D eigenvalue weighted by atomic mass is 16.2. The van der Waals surface area contributed by atoms with Gasteiger partial charge in [0.15, 0.2) is 0 Å². The zero-order valence-corrected chi connectivity index (χ0v) is 11.4. The second kappa shape index (κ2) is 5.21. The van der Waals surface area contributed by atoms with Crippen LogP contribution in [0, 0.1) is 0 Å². The van der Waals surface area contributed by atoms with Crippen LogP contribution in [-0.2, 0) is 0 Å². The van der Waals surface area contributed by atoms with Gasteiger partial charge in [-0.3, -0.25) is 9.69 Å². The van der Waals surface area contributed by atoms with E-state index < -0.39 is 0 Å². The topological polar surface area (TPSA) is 35.6 Å². The Hall–Kier alpha value is -1.55. The molecule has 3 rings (SSSR count). The summed E-state index contributed by atoms with van der Waals surface area (Å²) in [7, 11) is 1.89. The number of hydrogen-bond acceptors (Lipinski definition) is 3. The Kier molecular flexibility index (Phi) is 3.42. The van der Waals surface area contributed by atoms with Gasteiger partial charge in [-0.25, -0.2) is 0 Å². The Bertz CT molecular complexity index is 457. The lowest BCUT2D eigenvalue weighted by atomic mass is 10.1. The predicted octanol–water partition coefficient (Wildman–Crippen LogP) is 1.65. The molecule has 102 valence electrons. The van der Waals surface area contributed by atoms with E-state index in [1.54, 1.807) is 0 Å². The van der Waals surface area contributed by atoms with Crippen LogP contribution in [-0.4, -0.2) is 55.0 Å². The molecule has 0 aliphatic carbocycles. The summed E-state index contributed by atoms with van der Waals surface area (Å²) in [5.74, 6) is 0.175. The third kappa shape index (κ3) is 2.45. The minimum absolute atomic E-state index is 0.175. The van der Waals surface area contributed by atoms with Crippen molar-refractivity contribution in [3.63, 3.8) is 0 Å². The molecular formula is C15H21N3O. The maximum atomic E-state index is 12.5. The smallest absolute Gasteiger partial charge is 0.253 e. The van der Waals surface area contributed by atoms with E-state index in [9.17, 15) is 4.79 Å². The molecule has 0 saturated carbocycles. The van der Waals surface area contributed by atoms with Crippen molar-refractivity contribution in [2.75, 3.05) is 38.5 Å². The van der Waals surface area contributed by atoms with Crippen LogP contribution in [0.25, 0.3) is 0 Å². The van der Waals surface area contributed by atoms with Gasteiger partial charge in [-0.05, 0) is 43.7 Å². The lowest BCUT2D eigenvalue weighted by Gasteiger charge is -2.37. The van der Waals surface area contributed by atoms with Crippen LogP contribution in [0.15, 0.2) is 24.3 Å². The molecule has 1 aromatic carbocycles. The van der Waals surface area contributed by atoms with E-state index in [1.165, 1.54) is 19.4 Å². The van der Waals surface area contributed by atoms with Gasteiger partial charge in [0.1, 0.15) is 0 Å². The fourth-order valence-electron chi connectivity index (χ4n) is 3.14. The fraction of sp³-hybridized carbons (Fsp3) is 0.533. The molecule has 1 atom stereocenters. The van der Waals surface area contributed by atoms with Crippen LogP contribution in [0.1, 0.15) is 23.2 Å². The summed E-state index contributed by atoms with van der Waals surface area (Å²) < 4.78 is 0. The molecular weight excluding hydrogens is 238 g/mol. The third-order valence-corrected chi connectivity index (χ3v) is 4.30. The first-order valence-electron chi connectivity index (χ1n) is 7.09. The Balaban J connectivity index is 1.69. The van der Waals surface area contributed by atoms with Crippen LogP contribution >= 0.6 is 0 Å². The SMILES string of the molecule is CNc1ccc(C(=O)N2CCN3CCCC3C2)cc1. The number of hydrogen-bond donors (Lipinski definition) is 1.